The van der Waals surface area contributed by atoms with Crippen molar-refractivity contribution in [3.8, 4) is 0 Å². The minimum absolute atomic E-state index is 0.0673. The molecule has 0 bridgehead atoms. The van der Waals surface area contributed by atoms with Gasteiger partial charge < -0.3 is 14.2 Å². The van der Waals surface area contributed by atoms with Crippen molar-refractivity contribution in [3.05, 3.63) is 0 Å². The molecular formula is C11H20O3. The first-order valence-electron chi connectivity index (χ1n) is 5.73. The third-order valence-corrected chi connectivity index (χ3v) is 2.86. The second kappa shape index (κ2) is 5.10. The molecule has 2 aliphatic rings. The number of hydrogen-bond acceptors (Lipinski definition) is 3. The highest BCUT2D eigenvalue weighted by Gasteiger charge is 2.24. The predicted molar refractivity (Wildman–Crippen MR) is 53.1 cm³/mol. The lowest BCUT2D eigenvalue weighted by atomic mass is 9.98. The molecule has 3 heteroatoms. The number of epoxide rings is 1. The first-order valence-corrected chi connectivity index (χ1v) is 5.73. The van der Waals surface area contributed by atoms with Crippen LogP contribution in [0.25, 0.3) is 0 Å². The maximum Gasteiger partial charge on any atom is 0.155 e. The molecule has 0 aromatic rings. The van der Waals surface area contributed by atoms with Gasteiger partial charge in [0.25, 0.3) is 0 Å². The fourth-order valence-electron chi connectivity index (χ4n) is 1.92. The van der Waals surface area contributed by atoms with Crippen LogP contribution in [0.4, 0.5) is 0 Å². The zero-order valence-electron chi connectivity index (χ0n) is 8.91. The summed E-state index contributed by atoms with van der Waals surface area (Å²) >= 11 is 0. The Bertz CT molecular complexity index is 162. The van der Waals surface area contributed by atoms with E-state index < -0.39 is 0 Å². The molecule has 0 radical (unpaired) electrons. The molecule has 0 aromatic heterocycles. The van der Waals surface area contributed by atoms with Crippen LogP contribution in [0.1, 0.15) is 39.0 Å². The highest BCUT2D eigenvalue weighted by molar-refractivity contribution is 4.68. The van der Waals surface area contributed by atoms with Crippen LogP contribution in [0.3, 0.4) is 0 Å². The standard InChI is InChI=1S/C11H20O3/c1-9(12-7-11-8-13-11)14-10-5-3-2-4-6-10/h9-11H,2-8H2,1H3. The molecule has 2 rings (SSSR count). The maximum absolute atomic E-state index is 5.79. The summed E-state index contributed by atoms with van der Waals surface area (Å²) in [5.74, 6) is 0. The third kappa shape index (κ3) is 3.56. The summed E-state index contributed by atoms with van der Waals surface area (Å²) in [6, 6.07) is 0. The summed E-state index contributed by atoms with van der Waals surface area (Å²) in [5.41, 5.74) is 0. The lowest BCUT2D eigenvalue weighted by Crippen LogP contribution is -2.25. The van der Waals surface area contributed by atoms with Crippen molar-refractivity contribution in [2.24, 2.45) is 0 Å². The SMILES string of the molecule is CC(OCC1CO1)OC1CCCCC1. The molecule has 14 heavy (non-hydrogen) atoms. The molecule has 1 heterocycles. The van der Waals surface area contributed by atoms with E-state index in [2.05, 4.69) is 0 Å². The van der Waals surface area contributed by atoms with E-state index in [-0.39, 0.29) is 6.29 Å². The number of hydrogen-bond donors (Lipinski definition) is 0. The van der Waals surface area contributed by atoms with Crippen molar-refractivity contribution in [1.29, 1.82) is 0 Å². The van der Waals surface area contributed by atoms with E-state index in [0.717, 1.165) is 6.61 Å². The quantitative estimate of drug-likeness (QED) is 0.503. The Labute approximate surface area is 85.7 Å². The minimum Gasteiger partial charge on any atom is -0.371 e. The van der Waals surface area contributed by atoms with E-state index in [1.165, 1.54) is 32.1 Å². The Morgan fingerprint density at radius 2 is 2.00 bits per heavy atom. The van der Waals surface area contributed by atoms with E-state index in [1.54, 1.807) is 0 Å². The lowest BCUT2D eigenvalue weighted by Gasteiger charge is -2.25. The van der Waals surface area contributed by atoms with Gasteiger partial charge in [-0.05, 0) is 19.8 Å². The van der Waals surface area contributed by atoms with Gasteiger partial charge in [0.1, 0.15) is 6.10 Å². The molecule has 1 aliphatic heterocycles. The van der Waals surface area contributed by atoms with E-state index in [0.29, 0.717) is 18.8 Å². The van der Waals surface area contributed by atoms with E-state index >= 15 is 0 Å². The van der Waals surface area contributed by atoms with Crippen LogP contribution in [0.2, 0.25) is 0 Å². The van der Waals surface area contributed by atoms with Crippen LogP contribution in [-0.2, 0) is 14.2 Å². The highest BCUT2D eigenvalue weighted by Crippen LogP contribution is 2.22. The van der Waals surface area contributed by atoms with Crippen LogP contribution in [-0.4, -0.2) is 31.7 Å². The maximum atomic E-state index is 5.79. The van der Waals surface area contributed by atoms with Crippen molar-refractivity contribution < 1.29 is 14.2 Å². The molecule has 2 atom stereocenters. The van der Waals surface area contributed by atoms with Crippen LogP contribution in [0, 0.1) is 0 Å². The van der Waals surface area contributed by atoms with E-state index in [1.807, 2.05) is 6.92 Å². The van der Waals surface area contributed by atoms with Gasteiger partial charge in [0.2, 0.25) is 0 Å². The van der Waals surface area contributed by atoms with E-state index in [4.69, 9.17) is 14.2 Å². The normalized spacial score (nSPS) is 30.2. The third-order valence-electron chi connectivity index (χ3n) is 2.86. The zero-order chi connectivity index (χ0) is 9.80. The average molecular weight is 200 g/mol. The fraction of sp³-hybridized carbons (Fsp3) is 1.00. The van der Waals surface area contributed by atoms with Crippen molar-refractivity contribution in [2.45, 2.75) is 57.5 Å². The molecular weight excluding hydrogens is 180 g/mol. The first-order chi connectivity index (χ1) is 6.84. The number of ether oxygens (including phenoxy) is 3. The van der Waals surface area contributed by atoms with Gasteiger partial charge in [-0.2, -0.15) is 0 Å². The molecule has 0 spiro atoms. The van der Waals surface area contributed by atoms with Gasteiger partial charge >= 0.3 is 0 Å². The summed E-state index contributed by atoms with van der Waals surface area (Å²) in [4.78, 5) is 0. The molecule has 2 fully saturated rings. The Morgan fingerprint density at radius 1 is 1.29 bits per heavy atom. The van der Waals surface area contributed by atoms with Gasteiger partial charge in [-0.15, -0.1) is 0 Å². The van der Waals surface area contributed by atoms with Crippen LogP contribution >= 0.6 is 0 Å². The minimum atomic E-state index is -0.0673. The molecule has 0 N–H and O–H groups in total. The summed E-state index contributed by atoms with van der Waals surface area (Å²) in [5, 5.41) is 0. The summed E-state index contributed by atoms with van der Waals surface area (Å²) in [7, 11) is 0. The molecule has 1 saturated carbocycles. The predicted octanol–water partition coefficient (Wildman–Crippen LogP) is 2.10. The van der Waals surface area contributed by atoms with Crippen molar-refractivity contribution in [3.63, 3.8) is 0 Å². The monoisotopic (exact) mass is 200 g/mol. The summed E-state index contributed by atoms with van der Waals surface area (Å²) < 4.78 is 16.4. The molecule has 0 amide bonds. The van der Waals surface area contributed by atoms with Gasteiger partial charge in [-0.1, -0.05) is 19.3 Å². The smallest absolute Gasteiger partial charge is 0.155 e. The Kier molecular flexibility index (Phi) is 3.79. The summed E-state index contributed by atoms with van der Waals surface area (Å²) in [6.45, 7) is 3.53. The first kappa shape index (κ1) is 10.4. The van der Waals surface area contributed by atoms with Crippen molar-refractivity contribution >= 4 is 0 Å². The topological polar surface area (TPSA) is 31.0 Å². The Morgan fingerprint density at radius 3 is 2.64 bits per heavy atom. The van der Waals surface area contributed by atoms with Crippen molar-refractivity contribution in [1.82, 2.24) is 0 Å². The molecule has 0 aromatic carbocycles. The Hall–Kier alpha value is -0.120. The molecule has 2 unspecified atom stereocenters. The lowest BCUT2D eigenvalue weighted by molar-refractivity contribution is -0.167. The zero-order valence-corrected chi connectivity index (χ0v) is 8.91. The summed E-state index contributed by atoms with van der Waals surface area (Å²) in [6.07, 6.45) is 7.09. The van der Waals surface area contributed by atoms with Crippen LogP contribution < -0.4 is 0 Å². The molecule has 1 aliphatic carbocycles. The average Bonchev–Trinajstić information content (AvgIpc) is 3.00. The molecule has 3 nitrogen and oxygen atoms in total. The highest BCUT2D eigenvalue weighted by atomic mass is 16.7. The van der Waals surface area contributed by atoms with Crippen LogP contribution in [0.5, 0.6) is 0 Å². The number of rotatable bonds is 5. The van der Waals surface area contributed by atoms with Gasteiger partial charge in [0.05, 0.1) is 19.3 Å². The van der Waals surface area contributed by atoms with Gasteiger partial charge in [-0.25, -0.2) is 0 Å². The fourth-order valence-corrected chi connectivity index (χ4v) is 1.92. The van der Waals surface area contributed by atoms with Crippen molar-refractivity contribution in [2.75, 3.05) is 13.2 Å². The second-order valence-electron chi connectivity index (χ2n) is 4.25. The van der Waals surface area contributed by atoms with Gasteiger partial charge in [0, 0.05) is 0 Å². The molecule has 1 saturated heterocycles. The Balaban J connectivity index is 1.57. The largest absolute Gasteiger partial charge is 0.371 e. The molecule has 82 valence electrons. The van der Waals surface area contributed by atoms with E-state index in [9.17, 15) is 0 Å². The van der Waals surface area contributed by atoms with Crippen LogP contribution in [0.15, 0.2) is 0 Å². The van der Waals surface area contributed by atoms with Gasteiger partial charge in [0.15, 0.2) is 6.29 Å². The second-order valence-corrected chi connectivity index (χ2v) is 4.25. The van der Waals surface area contributed by atoms with Gasteiger partial charge in [-0.3, -0.25) is 0 Å².